The van der Waals surface area contributed by atoms with Crippen LogP contribution in [-0.4, -0.2) is 25.0 Å². The highest BCUT2D eigenvalue weighted by molar-refractivity contribution is 9.10. The van der Waals surface area contributed by atoms with Gasteiger partial charge >= 0.3 is 6.03 Å². The summed E-state index contributed by atoms with van der Waals surface area (Å²) in [6, 6.07) is 26.5. The molecule has 0 unspecified atom stereocenters. The van der Waals surface area contributed by atoms with Crippen molar-refractivity contribution in [2.24, 2.45) is 0 Å². The van der Waals surface area contributed by atoms with Crippen LogP contribution in [0.1, 0.15) is 22.3 Å². The maximum Gasteiger partial charge on any atom is 0.343 e. The first-order valence-electron chi connectivity index (χ1n) is 12.9. The molecule has 1 fully saturated rings. The minimum atomic E-state index is -0.732. The number of nitrogens with zero attached hydrogens (tertiary/aromatic N) is 2. The van der Waals surface area contributed by atoms with Crippen LogP contribution in [0, 0.1) is 13.8 Å². The maximum absolute atomic E-state index is 13.9. The van der Waals surface area contributed by atoms with Crippen LogP contribution < -0.4 is 19.3 Å². The van der Waals surface area contributed by atoms with Crippen molar-refractivity contribution in [3.05, 3.63) is 123 Å². The molecule has 0 spiro atoms. The zero-order chi connectivity index (χ0) is 29.1. The number of benzene rings is 4. The van der Waals surface area contributed by atoms with E-state index in [0.717, 1.165) is 26.5 Å². The van der Waals surface area contributed by atoms with Crippen LogP contribution in [-0.2, 0) is 16.2 Å². The van der Waals surface area contributed by atoms with E-state index in [1.807, 2.05) is 68.4 Å². The van der Waals surface area contributed by atoms with Gasteiger partial charge in [0.15, 0.2) is 11.5 Å². The fraction of sp³-hybridized carbons (Fsp3) is 0.121. The summed E-state index contributed by atoms with van der Waals surface area (Å²) < 4.78 is 12.2. The number of methoxy groups -OCH3 is 1. The Bertz CT molecular complexity index is 1610. The Kier molecular flexibility index (Phi) is 8.03. The molecule has 0 aliphatic carbocycles. The van der Waals surface area contributed by atoms with E-state index in [-0.39, 0.29) is 5.57 Å². The second-order valence-corrected chi connectivity index (χ2v) is 10.4. The van der Waals surface area contributed by atoms with Crippen LogP contribution in [0.15, 0.2) is 101 Å². The highest BCUT2D eigenvalue weighted by Crippen LogP contribution is 2.39. The van der Waals surface area contributed by atoms with Crippen LogP contribution in [0.5, 0.6) is 11.5 Å². The van der Waals surface area contributed by atoms with E-state index >= 15 is 0 Å². The third-order valence-corrected chi connectivity index (χ3v) is 7.34. The second-order valence-electron chi connectivity index (χ2n) is 9.50. The molecule has 0 atom stereocenters. The molecule has 0 bridgehead atoms. The van der Waals surface area contributed by atoms with E-state index in [1.54, 1.807) is 36.4 Å². The molecule has 1 saturated heterocycles. The average molecular weight is 611 g/mol. The highest BCUT2D eigenvalue weighted by Gasteiger charge is 2.44. The highest BCUT2D eigenvalue weighted by atomic mass is 79.9. The summed E-state index contributed by atoms with van der Waals surface area (Å²) in [5.74, 6) is -0.518. The summed E-state index contributed by atoms with van der Waals surface area (Å²) in [5.41, 5.74) is 3.59. The molecule has 0 aromatic heterocycles. The number of hydrogen-bond acceptors (Lipinski definition) is 5. The first-order chi connectivity index (χ1) is 19.8. The summed E-state index contributed by atoms with van der Waals surface area (Å²) in [6.45, 7) is 3.94. The lowest BCUT2D eigenvalue weighted by Crippen LogP contribution is -2.57. The quantitative estimate of drug-likeness (QED) is 0.163. The molecular weight excluding hydrogens is 584 g/mol. The van der Waals surface area contributed by atoms with Gasteiger partial charge in [-0.25, -0.2) is 14.6 Å². The van der Waals surface area contributed by atoms with Gasteiger partial charge < -0.3 is 9.47 Å². The van der Waals surface area contributed by atoms with E-state index in [0.29, 0.717) is 39.5 Å². The van der Waals surface area contributed by atoms with E-state index in [9.17, 15) is 14.4 Å². The topological polar surface area (TPSA) is 76.2 Å². The Labute approximate surface area is 246 Å². The van der Waals surface area contributed by atoms with Crippen molar-refractivity contribution in [1.82, 2.24) is 0 Å². The van der Waals surface area contributed by atoms with Gasteiger partial charge in [0.2, 0.25) is 0 Å². The van der Waals surface area contributed by atoms with E-state index in [2.05, 4.69) is 15.9 Å². The molecule has 8 heteroatoms. The van der Waals surface area contributed by atoms with Crippen LogP contribution in [0.2, 0.25) is 0 Å². The smallest absolute Gasteiger partial charge is 0.343 e. The van der Waals surface area contributed by atoms with Gasteiger partial charge in [-0.05, 0) is 82.4 Å². The summed E-state index contributed by atoms with van der Waals surface area (Å²) in [4.78, 5) is 43.6. The van der Waals surface area contributed by atoms with Gasteiger partial charge in [0.05, 0.1) is 23.0 Å². The lowest BCUT2D eigenvalue weighted by atomic mass is 10.0. The summed E-state index contributed by atoms with van der Waals surface area (Å²) in [5, 5.41) is 0. The van der Waals surface area contributed by atoms with Crippen molar-refractivity contribution in [2.75, 3.05) is 16.9 Å². The Morgan fingerprint density at radius 3 is 1.83 bits per heavy atom. The Balaban J connectivity index is 1.59. The van der Waals surface area contributed by atoms with E-state index < -0.39 is 17.8 Å². The van der Waals surface area contributed by atoms with E-state index in [1.165, 1.54) is 13.2 Å². The number of aryl methyl sites for hydroxylation is 2. The first kappa shape index (κ1) is 27.9. The predicted molar refractivity (Wildman–Crippen MR) is 162 cm³/mol. The zero-order valence-corrected chi connectivity index (χ0v) is 24.3. The van der Waals surface area contributed by atoms with Gasteiger partial charge in [0, 0.05) is 0 Å². The first-order valence-corrected chi connectivity index (χ1v) is 13.7. The molecule has 1 aliphatic heterocycles. The number of anilines is 2. The third kappa shape index (κ3) is 5.51. The number of halogens is 1. The molecule has 4 aromatic carbocycles. The molecule has 206 valence electrons. The van der Waals surface area contributed by atoms with Crippen LogP contribution in [0.25, 0.3) is 6.08 Å². The lowest BCUT2D eigenvalue weighted by molar-refractivity contribution is -0.121. The van der Waals surface area contributed by atoms with Gasteiger partial charge in [-0.1, -0.05) is 66.7 Å². The van der Waals surface area contributed by atoms with Gasteiger partial charge in [-0.15, -0.1) is 0 Å². The van der Waals surface area contributed by atoms with Crippen molar-refractivity contribution in [2.45, 2.75) is 20.5 Å². The largest absolute Gasteiger partial charge is 0.493 e. The summed E-state index contributed by atoms with van der Waals surface area (Å²) in [7, 11) is 1.52. The number of carbonyl (C=O) groups excluding carboxylic acids is 3. The standard InChI is InChI=1S/C33H27BrN2O5/c1-21-11-7-9-15-27(21)35-31(37)25(32(38)36(33(35)39)28-16-10-8-12-22(28)2)17-24-18-26(34)30(29(19-24)40-3)41-20-23-13-5-4-6-14-23/h4-19H,20H2,1-3H3. The minimum Gasteiger partial charge on any atom is -0.493 e. The molecule has 7 nitrogen and oxygen atoms in total. The Hall–Kier alpha value is -4.69. The number of amides is 4. The molecule has 1 aliphatic rings. The lowest BCUT2D eigenvalue weighted by Gasteiger charge is -2.35. The number of urea groups is 1. The molecule has 4 amide bonds. The monoisotopic (exact) mass is 610 g/mol. The van der Waals surface area contributed by atoms with Gasteiger partial charge in [-0.2, -0.15) is 0 Å². The fourth-order valence-corrected chi connectivity index (χ4v) is 5.22. The molecule has 1 heterocycles. The number of ether oxygens (including phenoxy) is 2. The van der Waals surface area contributed by atoms with Crippen LogP contribution in [0.3, 0.4) is 0 Å². The summed E-state index contributed by atoms with van der Waals surface area (Å²) in [6.07, 6.45) is 1.47. The van der Waals surface area contributed by atoms with Gasteiger partial charge in [0.25, 0.3) is 11.8 Å². The Morgan fingerprint density at radius 1 is 0.756 bits per heavy atom. The number of imide groups is 2. The number of barbiturate groups is 1. The van der Waals surface area contributed by atoms with E-state index in [4.69, 9.17) is 9.47 Å². The van der Waals surface area contributed by atoms with Gasteiger partial charge in [0.1, 0.15) is 12.2 Å². The average Bonchev–Trinajstić information content (AvgIpc) is 2.97. The molecule has 0 saturated carbocycles. The minimum absolute atomic E-state index is 0.164. The fourth-order valence-electron chi connectivity index (χ4n) is 4.64. The molecule has 5 rings (SSSR count). The zero-order valence-electron chi connectivity index (χ0n) is 22.8. The van der Waals surface area contributed by atoms with Crippen molar-refractivity contribution < 1.29 is 23.9 Å². The Morgan fingerprint density at radius 2 is 1.29 bits per heavy atom. The third-order valence-electron chi connectivity index (χ3n) is 6.75. The van der Waals surface area contributed by atoms with Crippen molar-refractivity contribution in [1.29, 1.82) is 0 Å². The number of rotatable bonds is 7. The van der Waals surface area contributed by atoms with Crippen molar-refractivity contribution >= 4 is 51.2 Å². The number of para-hydroxylation sites is 2. The maximum atomic E-state index is 13.9. The van der Waals surface area contributed by atoms with Crippen LogP contribution in [0.4, 0.5) is 16.2 Å². The second kappa shape index (κ2) is 11.8. The molecule has 0 N–H and O–H groups in total. The molecule has 41 heavy (non-hydrogen) atoms. The van der Waals surface area contributed by atoms with Gasteiger partial charge in [-0.3, -0.25) is 9.59 Å². The summed E-state index contributed by atoms with van der Waals surface area (Å²) >= 11 is 3.55. The van der Waals surface area contributed by atoms with Crippen molar-refractivity contribution in [3.63, 3.8) is 0 Å². The molecule has 0 radical (unpaired) electrons. The predicted octanol–water partition coefficient (Wildman–Crippen LogP) is 7.24. The molecular formula is C33H27BrN2O5. The normalized spacial score (nSPS) is 13.5. The number of hydrogen-bond donors (Lipinski definition) is 0. The molecule has 4 aromatic rings. The SMILES string of the molecule is COc1cc(C=C2C(=O)N(c3ccccc3C)C(=O)N(c3ccccc3C)C2=O)cc(Br)c1OCc1ccccc1. The number of carbonyl (C=O) groups is 3. The van der Waals surface area contributed by atoms with Crippen molar-refractivity contribution in [3.8, 4) is 11.5 Å². The van der Waals surface area contributed by atoms with Crippen LogP contribution >= 0.6 is 15.9 Å².